The van der Waals surface area contributed by atoms with E-state index in [1.165, 1.54) is 13.3 Å². The van der Waals surface area contributed by atoms with Gasteiger partial charge in [-0.15, -0.1) is 13.2 Å². The molecule has 0 radical (unpaired) electrons. The molecular formula is C9H6F3IN2O2. The standard InChI is InChI=1S/C9H6F3IN2O2/c1-16-8-7(17-9(10,11)12)5(2-3-14)6(13)4-15-8/h4H,2H2,1H3. The Morgan fingerprint density at radius 3 is 2.65 bits per heavy atom. The Balaban J connectivity index is 3.30. The average Bonchev–Trinajstić information content (AvgIpc) is 2.22. The van der Waals surface area contributed by atoms with Crippen LogP contribution in [0.3, 0.4) is 0 Å². The second-order valence-electron chi connectivity index (χ2n) is 2.81. The Morgan fingerprint density at radius 1 is 1.53 bits per heavy atom. The molecule has 0 unspecified atom stereocenters. The maximum Gasteiger partial charge on any atom is 0.573 e. The fourth-order valence-electron chi connectivity index (χ4n) is 1.10. The summed E-state index contributed by atoms with van der Waals surface area (Å²) in [5.74, 6) is -0.860. The van der Waals surface area contributed by atoms with Gasteiger partial charge < -0.3 is 9.47 Å². The van der Waals surface area contributed by atoms with Gasteiger partial charge in [0, 0.05) is 15.3 Å². The summed E-state index contributed by atoms with van der Waals surface area (Å²) in [5, 5.41) is 8.58. The van der Waals surface area contributed by atoms with Crippen LogP contribution < -0.4 is 9.47 Å². The molecule has 0 saturated carbocycles. The first-order chi connectivity index (χ1) is 7.89. The summed E-state index contributed by atoms with van der Waals surface area (Å²) in [4.78, 5) is 3.66. The number of alkyl halides is 3. The number of hydrogen-bond acceptors (Lipinski definition) is 4. The average molecular weight is 358 g/mol. The number of pyridine rings is 1. The van der Waals surface area contributed by atoms with Gasteiger partial charge in [0.25, 0.3) is 5.88 Å². The van der Waals surface area contributed by atoms with Crippen molar-refractivity contribution in [1.82, 2.24) is 4.98 Å². The Bertz CT molecular complexity index is 457. The van der Waals surface area contributed by atoms with Crippen molar-refractivity contribution in [3.63, 3.8) is 0 Å². The smallest absolute Gasteiger partial charge is 0.478 e. The third kappa shape index (κ3) is 3.62. The molecule has 0 aliphatic rings. The van der Waals surface area contributed by atoms with Crippen molar-refractivity contribution in [2.75, 3.05) is 7.11 Å². The van der Waals surface area contributed by atoms with E-state index < -0.39 is 12.1 Å². The van der Waals surface area contributed by atoms with Gasteiger partial charge in [0.05, 0.1) is 19.6 Å². The second kappa shape index (κ2) is 5.39. The molecule has 0 atom stereocenters. The van der Waals surface area contributed by atoms with Crippen LogP contribution in [0.4, 0.5) is 13.2 Å². The highest BCUT2D eigenvalue weighted by molar-refractivity contribution is 14.1. The molecule has 0 spiro atoms. The highest BCUT2D eigenvalue weighted by atomic mass is 127. The highest BCUT2D eigenvalue weighted by Crippen LogP contribution is 2.36. The number of methoxy groups -OCH3 is 1. The zero-order valence-electron chi connectivity index (χ0n) is 8.51. The van der Waals surface area contributed by atoms with Gasteiger partial charge in [-0.1, -0.05) is 0 Å². The molecule has 0 N–H and O–H groups in total. The number of aromatic nitrogens is 1. The van der Waals surface area contributed by atoms with Gasteiger partial charge in [0.2, 0.25) is 0 Å². The molecule has 1 rings (SSSR count). The molecule has 1 aromatic rings. The Hall–Kier alpha value is -1.24. The van der Waals surface area contributed by atoms with E-state index in [9.17, 15) is 13.2 Å². The van der Waals surface area contributed by atoms with E-state index in [2.05, 4.69) is 14.5 Å². The lowest BCUT2D eigenvalue weighted by molar-refractivity contribution is -0.275. The number of rotatable bonds is 3. The molecule has 17 heavy (non-hydrogen) atoms. The summed E-state index contributed by atoms with van der Waals surface area (Å²) in [5.41, 5.74) is 0.109. The summed E-state index contributed by atoms with van der Waals surface area (Å²) in [7, 11) is 1.18. The van der Waals surface area contributed by atoms with Crippen molar-refractivity contribution in [3.8, 4) is 17.7 Å². The number of nitriles is 1. The predicted molar refractivity (Wildman–Crippen MR) is 59.5 cm³/mol. The molecule has 4 nitrogen and oxygen atoms in total. The van der Waals surface area contributed by atoms with Crippen LogP contribution in [0, 0.1) is 14.9 Å². The van der Waals surface area contributed by atoms with Gasteiger partial charge in [0.1, 0.15) is 0 Å². The van der Waals surface area contributed by atoms with Crippen LogP contribution in [-0.4, -0.2) is 18.5 Å². The molecule has 0 saturated heterocycles. The quantitative estimate of drug-likeness (QED) is 0.780. The first-order valence-electron chi connectivity index (χ1n) is 4.23. The van der Waals surface area contributed by atoms with Crippen molar-refractivity contribution < 1.29 is 22.6 Å². The summed E-state index contributed by atoms with van der Waals surface area (Å²) in [6.07, 6.45) is -3.76. The molecule has 0 bridgehead atoms. The molecule has 1 heterocycles. The maximum absolute atomic E-state index is 12.2. The van der Waals surface area contributed by atoms with Gasteiger partial charge in [-0.3, -0.25) is 0 Å². The lowest BCUT2D eigenvalue weighted by Crippen LogP contribution is -2.19. The SMILES string of the molecule is COc1ncc(I)c(CC#N)c1OC(F)(F)F. The van der Waals surface area contributed by atoms with E-state index in [0.29, 0.717) is 3.57 Å². The fraction of sp³-hybridized carbons (Fsp3) is 0.333. The maximum atomic E-state index is 12.2. The molecular weight excluding hydrogens is 352 g/mol. The molecule has 0 amide bonds. The van der Waals surface area contributed by atoms with Crippen LogP contribution >= 0.6 is 22.6 Å². The van der Waals surface area contributed by atoms with Gasteiger partial charge in [-0.2, -0.15) is 5.26 Å². The molecule has 1 aromatic heterocycles. The zero-order valence-corrected chi connectivity index (χ0v) is 10.7. The lowest BCUT2D eigenvalue weighted by atomic mass is 10.2. The Morgan fingerprint density at radius 2 is 2.18 bits per heavy atom. The molecule has 0 fully saturated rings. The monoisotopic (exact) mass is 358 g/mol. The van der Waals surface area contributed by atoms with E-state index in [0.717, 1.165) is 0 Å². The van der Waals surface area contributed by atoms with E-state index in [1.54, 1.807) is 28.7 Å². The molecule has 0 aliphatic heterocycles. The molecule has 0 aliphatic carbocycles. The van der Waals surface area contributed by atoms with Crippen molar-refractivity contribution in [2.24, 2.45) is 0 Å². The van der Waals surface area contributed by atoms with Crippen LogP contribution in [0.2, 0.25) is 0 Å². The molecule has 0 aromatic carbocycles. The Labute approximate surface area is 108 Å². The zero-order chi connectivity index (χ0) is 13.1. The normalized spacial score (nSPS) is 10.8. The van der Waals surface area contributed by atoms with Crippen LogP contribution in [-0.2, 0) is 6.42 Å². The van der Waals surface area contributed by atoms with E-state index in [4.69, 9.17) is 5.26 Å². The number of hydrogen-bond donors (Lipinski definition) is 0. The van der Waals surface area contributed by atoms with E-state index in [1.807, 2.05) is 0 Å². The molecule has 8 heteroatoms. The second-order valence-corrected chi connectivity index (χ2v) is 3.97. The lowest BCUT2D eigenvalue weighted by Gasteiger charge is -2.15. The van der Waals surface area contributed by atoms with E-state index in [-0.39, 0.29) is 17.9 Å². The van der Waals surface area contributed by atoms with Gasteiger partial charge in [-0.05, 0) is 22.6 Å². The highest BCUT2D eigenvalue weighted by Gasteiger charge is 2.34. The van der Waals surface area contributed by atoms with Crippen LogP contribution in [0.15, 0.2) is 6.20 Å². The van der Waals surface area contributed by atoms with Crippen LogP contribution in [0.5, 0.6) is 11.6 Å². The van der Waals surface area contributed by atoms with E-state index >= 15 is 0 Å². The third-order valence-electron chi connectivity index (χ3n) is 1.72. The minimum atomic E-state index is -4.86. The first-order valence-corrected chi connectivity index (χ1v) is 5.31. The summed E-state index contributed by atoms with van der Waals surface area (Å²) in [6, 6.07) is 1.77. The summed E-state index contributed by atoms with van der Waals surface area (Å²) in [6.45, 7) is 0. The predicted octanol–water partition coefficient (Wildman–Crippen LogP) is 2.66. The number of ether oxygens (including phenoxy) is 2. The first kappa shape index (κ1) is 13.8. The minimum absolute atomic E-state index is 0.109. The van der Waals surface area contributed by atoms with Crippen molar-refractivity contribution in [3.05, 3.63) is 15.3 Å². The van der Waals surface area contributed by atoms with Gasteiger partial charge >= 0.3 is 6.36 Å². The van der Waals surface area contributed by atoms with Gasteiger partial charge in [-0.25, -0.2) is 4.98 Å². The van der Waals surface area contributed by atoms with Crippen LogP contribution in [0.25, 0.3) is 0 Å². The summed E-state index contributed by atoms with van der Waals surface area (Å²) < 4.78 is 45.6. The molecule has 92 valence electrons. The third-order valence-corrected chi connectivity index (χ3v) is 2.65. The van der Waals surface area contributed by atoms with Crippen molar-refractivity contribution >= 4 is 22.6 Å². The fourth-order valence-corrected chi connectivity index (χ4v) is 1.67. The number of nitrogens with zero attached hydrogens (tertiary/aromatic N) is 2. The van der Waals surface area contributed by atoms with Gasteiger partial charge in [0.15, 0.2) is 5.75 Å². The number of halogens is 4. The van der Waals surface area contributed by atoms with Crippen LogP contribution in [0.1, 0.15) is 5.56 Å². The summed E-state index contributed by atoms with van der Waals surface area (Å²) >= 11 is 1.78. The Kier molecular flexibility index (Phi) is 4.39. The topological polar surface area (TPSA) is 55.1 Å². The van der Waals surface area contributed by atoms with Crippen molar-refractivity contribution in [1.29, 1.82) is 5.26 Å². The minimum Gasteiger partial charge on any atom is -0.478 e. The van der Waals surface area contributed by atoms with Crippen molar-refractivity contribution in [2.45, 2.75) is 12.8 Å². The largest absolute Gasteiger partial charge is 0.573 e.